The van der Waals surface area contributed by atoms with Crippen LogP contribution in [0, 0.1) is 11.3 Å². The minimum Gasteiger partial charge on any atom is -0.410 e. The zero-order valence-electron chi connectivity index (χ0n) is 17.7. The molecule has 2 aliphatic rings. The summed E-state index contributed by atoms with van der Waals surface area (Å²) in [5.74, 6) is 0. The third-order valence-electron chi connectivity index (χ3n) is 6.13. The molecule has 1 unspecified atom stereocenters. The van der Waals surface area contributed by atoms with Crippen molar-refractivity contribution >= 4 is 31.9 Å². The molecule has 1 aromatic carbocycles. The van der Waals surface area contributed by atoms with Crippen LogP contribution in [0.1, 0.15) is 45.7 Å². The first-order valence-electron chi connectivity index (χ1n) is 9.76. The molecule has 0 aliphatic carbocycles. The normalized spacial score (nSPS) is 24.3. The van der Waals surface area contributed by atoms with Gasteiger partial charge in [-0.1, -0.05) is 13.0 Å². The average molecular weight is 397 g/mol. The summed E-state index contributed by atoms with van der Waals surface area (Å²) in [4.78, 5) is 13.0. The first kappa shape index (κ1) is 21.8. The van der Waals surface area contributed by atoms with E-state index >= 15 is 0 Å². The van der Waals surface area contributed by atoms with E-state index in [1.54, 1.807) is 10.9 Å². The van der Waals surface area contributed by atoms with E-state index in [-0.39, 0.29) is 13.2 Å². The van der Waals surface area contributed by atoms with Crippen LogP contribution in [0.3, 0.4) is 0 Å². The Kier molecular flexibility index (Phi) is 5.85. The summed E-state index contributed by atoms with van der Waals surface area (Å²) in [5.41, 5.74) is 1.38. The van der Waals surface area contributed by atoms with E-state index in [0.29, 0.717) is 30.6 Å². The van der Waals surface area contributed by atoms with E-state index in [2.05, 4.69) is 6.07 Å². The second-order valence-electron chi connectivity index (χ2n) is 8.91. The fourth-order valence-electron chi connectivity index (χ4n) is 3.85. The molecule has 1 aromatic rings. The number of rotatable bonds is 7. The molecule has 0 spiro atoms. The molecule has 153 valence electrons. The highest BCUT2D eigenvalue weighted by molar-refractivity contribution is 6.70. The number of carbonyl (C=O) groups is 1. The Hall–Kier alpha value is -1.85. The number of carbonyl (C=O) groups excluding carboxylic acids is 1. The molecule has 1 saturated heterocycles. The van der Waals surface area contributed by atoms with Gasteiger partial charge in [-0.05, 0) is 44.8 Å². The van der Waals surface area contributed by atoms with Gasteiger partial charge in [0, 0.05) is 17.6 Å². The van der Waals surface area contributed by atoms with Gasteiger partial charge in [0.05, 0.1) is 36.6 Å². The number of aliphatic hydroxyl groups is 1. The molecule has 0 amide bonds. The minimum absolute atomic E-state index is 0.0650. The van der Waals surface area contributed by atoms with Crippen LogP contribution in [-0.4, -0.2) is 63.4 Å². The largest absolute Gasteiger partial charge is 0.494 e. The summed E-state index contributed by atoms with van der Waals surface area (Å²) in [7, 11) is 0.843. The van der Waals surface area contributed by atoms with Crippen molar-refractivity contribution in [2.45, 2.75) is 51.2 Å². The van der Waals surface area contributed by atoms with Crippen molar-refractivity contribution in [2.24, 2.45) is 0 Å². The maximum absolute atomic E-state index is 11.2. The molecule has 1 radical (unpaired) electrons. The average Bonchev–Trinajstić information content (AvgIpc) is 3.05. The number of fused-ring (bicyclic) bond motifs is 1. The van der Waals surface area contributed by atoms with Crippen LogP contribution in [0.25, 0.3) is 0 Å². The van der Waals surface area contributed by atoms with Gasteiger partial charge in [-0.25, -0.2) is 0 Å². The smallest absolute Gasteiger partial charge is 0.410 e. The van der Waals surface area contributed by atoms with Crippen LogP contribution >= 0.6 is 0 Å². The Morgan fingerprint density at radius 2 is 1.97 bits per heavy atom. The monoisotopic (exact) mass is 397 g/mol. The summed E-state index contributed by atoms with van der Waals surface area (Å²) in [6, 6.07) is 6.01. The van der Waals surface area contributed by atoms with Crippen molar-refractivity contribution in [2.75, 3.05) is 31.2 Å². The second-order valence-corrected chi connectivity index (χ2v) is 8.91. The summed E-state index contributed by atoms with van der Waals surface area (Å²) in [6.45, 7) is 11.0. The Labute approximate surface area is 173 Å². The van der Waals surface area contributed by atoms with Crippen molar-refractivity contribution in [3.8, 4) is 6.07 Å². The number of nitriles is 1. The number of nitrogens with zero attached hydrogens (tertiary/aromatic N) is 2. The Bertz CT molecular complexity index is 823. The number of ether oxygens (including phenoxy) is 1. The molecule has 0 aromatic heterocycles. The molecule has 1 atom stereocenters. The molecule has 2 heterocycles. The molecular weight excluding hydrogens is 370 g/mol. The summed E-state index contributed by atoms with van der Waals surface area (Å²) in [5, 5.41) is 18.9. The maximum atomic E-state index is 11.2. The number of aliphatic hydroxyl groups excluding tert-OH is 1. The maximum Gasteiger partial charge on any atom is 0.494 e. The van der Waals surface area contributed by atoms with Crippen molar-refractivity contribution in [1.82, 2.24) is 0 Å². The first-order valence-corrected chi connectivity index (χ1v) is 9.76. The molecule has 1 fully saturated rings. The third-order valence-corrected chi connectivity index (χ3v) is 6.13. The van der Waals surface area contributed by atoms with Crippen molar-refractivity contribution in [3.63, 3.8) is 0 Å². The van der Waals surface area contributed by atoms with Crippen LogP contribution in [0.5, 0.6) is 0 Å². The highest BCUT2D eigenvalue weighted by Crippen LogP contribution is 2.43. The predicted octanol–water partition coefficient (Wildman–Crippen LogP) is 0.753. The molecule has 29 heavy (non-hydrogen) atoms. The molecule has 0 bridgehead atoms. The van der Waals surface area contributed by atoms with Crippen molar-refractivity contribution < 1.29 is 23.9 Å². The Balaban J connectivity index is 2.06. The molecule has 7 nitrogen and oxygen atoms in total. The number of benzene rings is 1. The van der Waals surface area contributed by atoms with Crippen molar-refractivity contribution in [3.05, 3.63) is 23.3 Å². The van der Waals surface area contributed by atoms with Gasteiger partial charge < -0.3 is 28.8 Å². The Morgan fingerprint density at radius 1 is 1.31 bits per heavy atom. The van der Waals surface area contributed by atoms with Crippen LogP contribution in [-0.2, 0) is 24.3 Å². The van der Waals surface area contributed by atoms with Crippen LogP contribution < -0.4 is 10.3 Å². The molecule has 2 aliphatic heterocycles. The zero-order valence-corrected chi connectivity index (χ0v) is 17.7. The standard InChI is InChI=1S/C20H27B2N2O5/c1-18(2)19(3,4)29-22(28-18)15-8-14(10-23)17-16(9-15)20(5,12-27-7-6-25)11-24(17)21-13-26/h8-9,13,25H,6-7,11-12H2,1-5H3. The second kappa shape index (κ2) is 7.77. The highest BCUT2D eigenvalue weighted by Gasteiger charge is 2.52. The van der Waals surface area contributed by atoms with Gasteiger partial charge in [-0.15, -0.1) is 0 Å². The van der Waals surface area contributed by atoms with Gasteiger partial charge in [0.1, 0.15) is 12.3 Å². The molecule has 3 rings (SSSR count). The van der Waals surface area contributed by atoms with Gasteiger partial charge in [0.2, 0.25) is 0 Å². The lowest BCUT2D eigenvalue weighted by molar-refractivity contribution is 0.00578. The number of anilines is 1. The van der Waals surface area contributed by atoms with Gasteiger partial charge in [-0.3, -0.25) is 0 Å². The lowest BCUT2D eigenvalue weighted by Crippen LogP contribution is -2.41. The number of hydrogen-bond acceptors (Lipinski definition) is 7. The summed E-state index contributed by atoms with van der Waals surface area (Å²) in [6.07, 6.45) is 0.716. The lowest BCUT2D eigenvalue weighted by Gasteiger charge is -2.32. The zero-order chi connectivity index (χ0) is 21.4. The molecular formula is C20H27B2N2O5. The molecule has 0 saturated carbocycles. The van der Waals surface area contributed by atoms with E-state index in [1.165, 1.54) is 7.41 Å². The highest BCUT2D eigenvalue weighted by atomic mass is 16.7. The quantitative estimate of drug-likeness (QED) is 0.413. The fraction of sp³-hybridized carbons (Fsp3) is 0.600. The summed E-state index contributed by atoms with van der Waals surface area (Å²) >= 11 is 0. The van der Waals surface area contributed by atoms with E-state index in [0.717, 1.165) is 11.0 Å². The van der Waals surface area contributed by atoms with Gasteiger partial charge in [0.15, 0.2) is 0 Å². The van der Waals surface area contributed by atoms with Gasteiger partial charge in [0.25, 0.3) is 0 Å². The van der Waals surface area contributed by atoms with Crippen LogP contribution in [0.15, 0.2) is 12.1 Å². The molecule has 1 N–H and O–H groups in total. The summed E-state index contributed by atoms with van der Waals surface area (Å²) < 4.78 is 18.0. The SMILES string of the molecule is CC1(COCCO)CN([B]C=O)c2c(C#N)cc(B3OC(C)(C)C(C)(C)O3)cc21. The first-order chi connectivity index (χ1) is 13.6. The van der Waals surface area contributed by atoms with Crippen LogP contribution in [0.4, 0.5) is 5.69 Å². The van der Waals surface area contributed by atoms with E-state index in [4.69, 9.17) is 19.2 Å². The Morgan fingerprint density at radius 3 is 2.52 bits per heavy atom. The van der Waals surface area contributed by atoms with E-state index in [1.807, 2.05) is 40.7 Å². The van der Waals surface area contributed by atoms with Crippen molar-refractivity contribution in [1.29, 1.82) is 5.26 Å². The molecule has 9 heteroatoms. The van der Waals surface area contributed by atoms with Gasteiger partial charge >= 0.3 is 14.5 Å². The predicted molar refractivity (Wildman–Crippen MR) is 112 cm³/mol. The fourth-order valence-corrected chi connectivity index (χ4v) is 3.85. The third kappa shape index (κ3) is 3.82. The topological polar surface area (TPSA) is 92.0 Å². The van der Waals surface area contributed by atoms with E-state index < -0.39 is 23.7 Å². The van der Waals surface area contributed by atoms with Crippen LogP contribution in [0.2, 0.25) is 0 Å². The van der Waals surface area contributed by atoms with Gasteiger partial charge in [-0.2, -0.15) is 5.26 Å². The minimum atomic E-state index is -0.593. The lowest BCUT2D eigenvalue weighted by atomic mass is 9.74. The van der Waals surface area contributed by atoms with E-state index in [9.17, 15) is 10.1 Å². The number of hydrogen-bond donors (Lipinski definition) is 1.